The summed E-state index contributed by atoms with van der Waals surface area (Å²) in [5.74, 6) is -1.22. The summed E-state index contributed by atoms with van der Waals surface area (Å²) in [6, 6.07) is 12.4. The number of carbonyl (C=O) groups excluding carboxylic acids is 3. The van der Waals surface area contributed by atoms with E-state index in [2.05, 4.69) is 10.3 Å². The minimum Gasteiger partial charge on any atom is -0.481 e. The van der Waals surface area contributed by atoms with Crippen LogP contribution in [0.1, 0.15) is 62.1 Å². The zero-order chi connectivity index (χ0) is 28.3. The van der Waals surface area contributed by atoms with Crippen molar-refractivity contribution < 1.29 is 29.0 Å². The fraction of sp³-hybridized carbons (Fsp3) is 0.500. The first-order valence-corrected chi connectivity index (χ1v) is 14.0. The molecule has 2 fully saturated rings. The molecule has 2 aliphatic rings. The SMILES string of the molecule is O=C(O)CC(NC(=O)C1CCCN(C(=O)CCC2CCN(C(=O)OCc3ccccc3)CC2)C1)c1cccnc1. The summed E-state index contributed by atoms with van der Waals surface area (Å²) in [6.07, 6.45) is 6.82. The molecule has 2 aromatic rings. The molecule has 4 rings (SSSR count). The molecule has 2 unspecified atom stereocenters. The van der Waals surface area contributed by atoms with Crippen molar-refractivity contribution in [2.75, 3.05) is 26.2 Å². The third-order valence-electron chi connectivity index (χ3n) is 7.77. The Morgan fingerprint density at radius 1 is 1.00 bits per heavy atom. The van der Waals surface area contributed by atoms with Crippen molar-refractivity contribution in [3.63, 3.8) is 0 Å². The lowest BCUT2D eigenvalue weighted by molar-refractivity contribution is -0.138. The number of hydrogen-bond donors (Lipinski definition) is 2. The molecule has 214 valence electrons. The van der Waals surface area contributed by atoms with Crippen molar-refractivity contribution in [1.82, 2.24) is 20.1 Å². The van der Waals surface area contributed by atoms with Crippen LogP contribution in [0.25, 0.3) is 0 Å². The summed E-state index contributed by atoms with van der Waals surface area (Å²) in [5, 5.41) is 12.2. The van der Waals surface area contributed by atoms with Gasteiger partial charge in [0, 0.05) is 45.0 Å². The number of hydrogen-bond acceptors (Lipinski definition) is 6. The van der Waals surface area contributed by atoms with E-state index in [0.717, 1.165) is 31.2 Å². The Morgan fingerprint density at radius 3 is 2.48 bits per heavy atom. The van der Waals surface area contributed by atoms with Crippen LogP contribution in [0.4, 0.5) is 4.79 Å². The zero-order valence-corrected chi connectivity index (χ0v) is 22.7. The number of nitrogens with one attached hydrogen (secondary N) is 1. The topological polar surface area (TPSA) is 129 Å². The second kappa shape index (κ2) is 14.4. The van der Waals surface area contributed by atoms with Gasteiger partial charge in [-0.05, 0) is 55.2 Å². The Hall–Kier alpha value is -3.95. The van der Waals surface area contributed by atoms with Gasteiger partial charge < -0.3 is 25.0 Å². The van der Waals surface area contributed by atoms with Gasteiger partial charge in [-0.3, -0.25) is 19.4 Å². The van der Waals surface area contributed by atoms with Crippen molar-refractivity contribution in [2.45, 2.75) is 57.6 Å². The molecule has 40 heavy (non-hydrogen) atoms. The number of nitrogens with zero attached hydrogens (tertiary/aromatic N) is 3. The Kier molecular flexibility index (Phi) is 10.5. The summed E-state index contributed by atoms with van der Waals surface area (Å²) >= 11 is 0. The third kappa shape index (κ3) is 8.53. The van der Waals surface area contributed by atoms with Crippen molar-refractivity contribution in [3.05, 3.63) is 66.0 Å². The molecule has 0 spiro atoms. The average molecular weight is 551 g/mol. The van der Waals surface area contributed by atoms with Gasteiger partial charge in [-0.1, -0.05) is 36.4 Å². The summed E-state index contributed by atoms with van der Waals surface area (Å²) in [6.45, 7) is 2.45. The third-order valence-corrected chi connectivity index (χ3v) is 7.77. The maximum absolute atomic E-state index is 13.0. The number of likely N-dealkylation sites (tertiary alicyclic amines) is 2. The number of ether oxygens (including phenoxy) is 1. The van der Waals surface area contributed by atoms with Crippen LogP contribution in [0.2, 0.25) is 0 Å². The van der Waals surface area contributed by atoms with Gasteiger partial charge in [0.25, 0.3) is 0 Å². The van der Waals surface area contributed by atoms with Gasteiger partial charge in [-0.2, -0.15) is 0 Å². The molecule has 1 aromatic heterocycles. The summed E-state index contributed by atoms with van der Waals surface area (Å²) in [4.78, 5) is 57.4. The molecule has 0 saturated carbocycles. The Labute approximate surface area is 234 Å². The first-order valence-electron chi connectivity index (χ1n) is 14.0. The van der Waals surface area contributed by atoms with E-state index in [4.69, 9.17) is 4.74 Å². The van der Waals surface area contributed by atoms with E-state index in [-0.39, 0.29) is 36.9 Å². The molecule has 0 radical (unpaired) electrons. The fourth-order valence-corrected chi connectivity index (χ4v) is 5.42. The molecule has 3 amide bonds. The second-order valence-corrected chi connectivity index (χ2v) is 10.6. The summed E-state index contributed by atoms with van der Waals surface area (Å²) in [5.41, 5.74) is 1.59. The van der Waals surface area contributed by atoms with Crippen LogP contribution in [0.15, 0.2) is 54.9 Å². The van der Waals surface area contributed by atoms with Crippen molar-refractivity contribution >= 4 is 23.9 Å². The monoisotopic (exact) mass is 550 g/mol. The fourth-order valence-electron chi connectivity index (χ4n) is 5.42. The minimum atomic E-state index is -1.01. The highest BCUT2D eigenvalue weighted by molar-refractivity contribution is 5.82. The molecular weight excluding hydrogens is 512 g/mol. The standard InChI is InChI=1S/C30H38N4O6/c35-27(11-10-22-12-16-33(17-13-22)30(39)40-21-23-6-2-1-3-7-23)34-15-5-9-25(20-34)29(38)32-26(18-28(36)37)24-8-4-14-31-19-24/h1-4,6-8,14,19,22,25-26H,5,9-13,15-18,20-21H2,(H,32,38)(H,36,37). The highest BCUT2D eigenvalue weighted by atomic mass is 16.6. The van der Waals surface area contributed by atoms with E-state index in [1.807, 2.05) is 30.3 Å². The molecule has 2 atom stereocenters. The largest absolute Gasteiger partial charge is 0.481 e. The van der Waals surface area contributed by atoms with Crippen LogP contribution in [-0.2, 0) is 25.7 Å². The Morgan fingerprint density at radius 2 is 1.77 bits per heavy atom. The number of benzene rings is 1. The number of carbonyl (C=O) groups is 4. The Balaban J connectivity index is 1.19. The zero-order valence-electron chi connectivity index (χ0n) is 22.7. The number of aromatic nitrogens is 1. The summed E-state index contributed by atoms with van der Waals surface area (Å²) in [7, 11) is 0. The normalized spacial score (nSPS) is 18.6. The molecule has 2 saturated heterocycles. The maximum Gasteiger partial charge on any atom is 0.410 e. The van der Waals surface area contributed by atoms with E-state index >= 15 is 0 Å². The summed E-state index contributed by atoms with van der Waals surface area (Å²) < 4.78 is 5.44. The molecule has 3 heterocycles. The molecule has 2 N–H and O–H groups in total. The number of pyridine rings is 1. The van der Waals surface area contributed by atoms with Crippen LogP contribution in [0, 0.1) is 11.8 Å². The molecule has 1 aromatic carbocycles. The van der Waals surface area contributed by atoms with Gasteiger partial charge >= 0.3 is 12.1 Å². The van der Waals surface area contributed by atoms with Gasteiger partial charge in [0.1, 0.15) is 6.61 Å². The van der Waals surface area contributed by atoms with Gasteiger partial charge in [-0.15, -0.1) is 0 Å². The molecular formula is C30H38N4O6. The predicted molar refractivity (Wildman–Crippen MR) is 147 cm³/mol. The van der Waals surface area contributed by atoms with E-state index in [9.17, 15) is 24.3 Å². The van der Waals surface area contributed by atoms with Crippen LogP contribution in [0.5, 0.6) is 0 Å². The van der Waals surface area contributed by atoms with E-state index < -0.39 is 12.0 Å². The van der Waals surface area contributed by atoms with Crippen molar-refractivity contribution in [2.24, 2.45) is 11.8 Å². The molecule has 0 bridgehead atoms. The number of aliphatic carboxylic acids is 1. The smallest absolute Gasteiger partial charge is 0.410 e. The van der Waals surface area contributed by atoms with Crippen molar-refractivity contribution in [1.29, 1.82) is 0 Å². The minimum absolute atomic E-state index is 0.0385. The van der Waals surface area contributed by atoms with Gasteiger partial charge in [0.15, 0.2) is 0 Å². The second-order valence-electron chi connectivity index (χ2n) is 10.6. The van der Waals surface area contributed by atoms with Crippen LogP contribution >= 0.6 is 0 Å². The highest BCUT2D eigenvalue weighted by Gasteiger charge is 2.31. The molecule has 10 heteroatoms. The predicted octanol–water partition coefficient (Wildman–Crippen LogP) is 3.78. The lowest BCUT2D eigenvalue weighted by atomic mass is 9.91. The number of rotatable bonds is 10. The first-order chi connectivity index (χ1) is 19.4. The average Bonchev–Trinajstić information content (AvgIpc) is 2.99. The van der Waals surface area contributed by atoms with Crippen LogP contribution in [0.3, 0.4) is 0 Å². The van der Waals surface area contributed by atoms with E-state index in [0.29, 0.717) is 50.5 Å². The van der Waals surface area contributed by atoms with Crippen LogP contribution in [-0.4, -0.2) is 69.9 Å². The number of carboxylic acids is 1. The maximum atomic E-state index is 13.0. The number of piperidine rings is 2. The number of carboxylic acid groups (broad SMARTS) is 1. The quantitative estimate of drug-likeness (QED) is 0.461. The first kappa shape index (κ1) is 29.0. The van der Waals surface area contributed by atoms with Gasteiger partial charge in [0.05, 0.1) is 18.4 Å². The lowest BCUT2D eigenvalue weighted by Gasteiger charge is -2.34. The Bertz CT molecular complexity index is 1140. The molecule has 10 nitrogen and oxygen atoms in total. The highest BCUT2D eigenvalue weighted by Crippen LogP contribution is 2.25. The van der Waals surface area contributed by atoms with Gasteiger partial charge in [-0.25, -0.2) is 4.79 Å². The van der Waals surface area contributed by atoms with Crippen molar-refractivity contribution in [3.8, 4) is 0 Å². The molecule has 0 aliphatic carbocycles. The van der Waals surface area contributed by atoms with E-state index in [1.54, 1.807) is 34.3 Å². The van der Waals surface area contributed by atoms with Crippen LogP contribution < -0.4 is 5.32 Å². The van der Waals surface area contributed by atoms with E-state index in [1.165, 1.54) is 0 Å². The molecule has 2 aliphatic heterocycles. The lowest BCUT2D eigenvalue weighted by Crippen LogP contribution is -2.46. The number of amides is 3. The van der Waals surface area contributed by atoms with Gasteiger partial charge in [0.2, 0.25) is 11.8 Å².